The Balaban J connectivity index is 1.63. The summed E-state index contributed by atoms with van der Waals surface area (Å²) in [5.41, 5.74) is 4.82. The number of hydrogen-bond donors (Lipinski definition) is 1. The van der Waals surface area contributed by atoms with Crippen LogP contribution in [0.3, 0.4) is 0 Å². The van der Waals surface area contributed by atoms with Crippen molar-refractivity contribution in [3.8, 4) is 5.75 Å². The molecule has 2 aliphatic rings. The fraction of sp³-hybridized carbons (Fsp3) is 0.435. The third kappa shape index (κ3) is 3.40. The van der Waals surface area contributed by atoms with Crippen LogP contribution < -0.4 is 4.74 Å². The predicted molar refractivity (Wildman–Crippen MR) is 110 cm³/mol. The highest BCUT2D eigenvalue weighted by atomic mass is 35.5. The van der Waals surface area contributed by atoms with Crippen LogP contribution in [0.25, 0.3) is 0 Å². The summed E-state index contributed by atoms with van der Waals surface area (Å²) in [6.45, 7) is 2.52. The molecule has 0 bridgehead atoms. The smallest absolute Gasteiger partial charge is 0.254 e. The number of halogens is 1. The molecule has 0 saturated heterocycles. The second kappa shape index (κ2) is 7.76. The number of benzene rings is 2. The van der Waals surface area contributed by atoms with Crippen LogP contribution in [0.2, 0.25) is 5.02 Å². The molecule has 2 atom stereocenters. The van der Waals surface area contributed by atoms with Crippen molar-refractivity contribution in [1.29, 1.82) is 0 Å². The number of aliphatic hydroxyl groups is 1. The van der Waals surface area contributed by atoms with E-state index >= 15 is 0 Å². The summed E-state index contributed by atoms with van der Waals surface area (Å²) in [5.74, 6) is 0.822. The minimum Gasteiger partial charge on any atom is -0.497 e. The lowest BCUT2D eigenvalue weighted by Gasteiger charge is -2.35. The Hall–Kier alpha value is -2.04. The van der Waals surface area contributed by atoms with E-state index in [1.165, 1.54) is 0 Å². The van der Waals surface area contributed by atoms with E-state index in [1.54, 1.807) is 7.11 Å². The topological polar surface area (TPSA) is 49.8 Å². The lowest BCUT2D eigenvalue weighted by Crippen LogP contribution is -2.45. The first-order chi connectivity index (χ1) is 13.5. The highest BCUT2D eigenvalue weighted by molar-refractivity contribution is 6.33. The first kappa shape index (κ1) is 19.3. The zero-order valence-corrected chi connectivity index (χ0v) is 17.1. The van der Waals surface area contributed by atoms with Crippen LogP contribution in [-0.4, -0.2) is 35.2 Å². The van der Waals surface area contributed by atoms with Gasteiger partial charge in [0.2, 0.25) is 0 Å². The average Bonchev–Trinajstić information content (AvgIpc) is 3.03. The van der Waals surface area contributed by atoms with E-state index in [-0.39, 0.29) is 11.9 Å². The summed E-state index contributed by atoms with van der Waals surface area (Å²) >= 11 is 6.70. The predicted octanol–water partition coefficient (Wildman–Crippen LogP) is 4.51. The molecule has 0 aromatic heterocycles. The van der Waals surface area contributed by atoms with Gasteiger partial charge in [0.05, 0.1) is 19.3 Å². The molecule has 2 unspecified atom stereocenters. The van der Waals surface area contributed by atoms with Crippen molar-refractivity contribution in [1.82, 2.24) is 4.90 Å². The van der Waals surface area contributed by atoms with Crippen molar-refractivity contribution in [3.63, 3.8) is 0 Å². The molecule has 2 aromatic rings. The molecule has 28 heavy (non-hydrogen) atoms. The van der Waals surface area contributed by atoms with E-state index < -0.39 is 6.10 Å². The van der Waals surface area contributed by atoms with Crippen molar-refractivity contribution in [2.75, 3.05) is 7.11 Å². The lowest BCUT2D eigenvalue weighted by atomic mass is 9.91. The van der Waals surface area contributed by atoms with Crippen molar-refractivity contribution in [2.24, 2.45) is 0 Å². The van der Waals surface area contributed by atoms with Gasteiger partial charge in [-0.25, -0.2) is 0 Å². The number of aliphatic hydroxyl groups excluding tert-OH is 1. The first-order valence-corrected chi connectivity index (χ1v) is 10.3. The maximum absolute atomic E-state index is 13.1. The highest BCUT2D eigenvalue weighted by Gasteiger charge is 2.38. The molecule has 1 aliphatic heterocycles. The van der Waals surface area contributed by atoms with Gasteiger partial charge in [0.25, 0.3) is 5.91 Å². The van der Waals surface area contributed by atoms with Gasteiger partial charge >= 0.3 is 0 Å². The number of methoxy groups -OCH3 is 1. The van der Waals surface area contributed by atoms with Crippen LogP contribution >= 0.6 is 11.6 Å². The molecule has 1 amide bonds. The van der Waals surface area contributed by atoms with Gasteiger partial charge in [-0.2, -0.15) is 0 Å². The Morgan fingerprint density at radius 3 is 2.61 bits per heavy atom. The Labute approximate surface area is 171 Å². The number of nitrogens with zero attached hydrogens (tertiary/aromatic N) is 1. The van der Waals surface area contributed by atoms with Gasteiger partial charge in [-0.15, -0.1) is 0 Å². The van der Waals surface area contributed by atoms with E-state index in [2.05, 4.69) is 0 Å². The SMILES string of the molecule is COc1ccc(Cc2cc3c(c(Cl)c2C)CN(C2CCCCC2O)C3=O)cc1. The van der Waals surface area contributed by atoms with Gasteiger partial charge < -0.3 is 14.7 Å². The molecule has 1 aliphatic carbocycles. The molecule has 4 rings (SSSR count). The fourth-order valence-electron chi connectivity index (χ4n) is 4.47. The minimum atomic E-state index is -0.439. The van der Waals surface area contributed by atoms with Gasteiger partial charge in [-0.3, -0.25) is 4.79 Å². The van der Waals surface area contributed by atoms with E-state index in [4.69, 9.17) is 16.3 Å². The second-order valence-corrected chi connectivity index (χ2v) is 8.26. The van der Waals surface area contributed by atoms with Crippen LogP contribution in [0.4, 0.5) is 0 Å². The van der Waals surface area contributed by atoms with Crippen molar-refractivity contribution >= 4 is 17.5 Å². The number of amides is 1. The summed E-state index contributed by atoms with van der Waals surface area (Å²) in [6.07, 6.45) is 3.97. The van der Waals surface area contributed by atoms with E-state index in [9.17, 15) is 9.90 Å². The molecule has 2 aromatic carbocycles. The van der Waals surface area contributed by atoms with Crippen LogP contribution in [0.15, 0.2) is 30.3 Å². The van der Waals surface area contributed by atoms with E-state index in [0.717, 1.165) is 53.7 Å². The van der Waals surface area contributed by atoms with Crippen molar-refractivity contribution < 1.29 is 14.6 Å². The third-order valence-corrected chi connectivity index (χ3v) is 6.70. The summed E-state index contributed by atoms with van der Waals surface area (Å²) in [4.78, 5) is 15.0. The van der Waals surface area contributed by atoms with Crippen molar-refractivity contribution in [2.45, 2.75) is 57.7 Å². The van der Waals surface area contributed by atoms with Crippen LogP contribution in [0, 0.1) is 6.92 Å². The number of ether oxygens (including phenoxy) is 1. The third-order valence-electron chi connectivity index (χ3n) is 6.19. The maximum Gasteiger partial charge on any atom is 0.254 e. The average molecular weight is 400 g/mol. The molecule has 0 radical (unpaired) electrons. The monoisotopic (exact) mass is 399 g/mol. The standard InChI is InChI=1S/C23H26ClNO3/c1-14-16(11-15-7-9-17(28-2)10-8-15)12-18-19(22(14)24)13-25(23(18)27)20-5-3-4-6-21(20)26/h7-10,12,20-21,26H,3-6,11,13H2,1-2H3. The Morgan fingerprint density at radius 2 is 1.93 bits per heavy atom. The summed E-state index contributed by atoms with van der Waals surface area (Å²) in [7, 11) is 1.65. The molecule has 1 fully saturated rings. The molecule has 1 heterocycles. The Morgan fingerprint density at radius 1 is 1.21 bits per heavy atom. The molecule has 4 nitrogen and oxygen atoms in total. The number of fused-ring (bicyclic) bond motifs is 1. The largest absolute Gasteiger partial charge is 0.497 e. The summed E-state index contributed by atoms with van der Waals surface area (Å²) < 4.78 is 5.22. The number of rotatable bonds is 4. The van der Waals surface area contributed by atoms with Crippen molar-refractivity contribution in [3.05, 3.63) is 63.2 Å². The Kier molecular flexibility index (Phi) is 5.35. The van der Waals surface area contributed by atoms with Crippen LogP contribution in [0.1, 0.15) is 58.3 Å². The summed E-state index contributed by atoms with van der Waals surface area (Å²) in [6, 6.07) is 9.85. The summed E-state index contributed by atoms with van der Waals surface area (Å²) in [5, 5.41) is 11.1. The molecular weight excluding hydrogens is 374 g/mol. The molecular formula is C23H26ClNO3. The van der Waals surface area contributed by atoms with Crippen LogP contribution in [-0.2, 0) is 13.0 Å². The normalized spacial score (nSPS) is 21.7. The lowest BCUT2D eigenvalue weighted by molar-refractivity contribution is 0.0191. The molecule has 148 valence electrons. The zero-order chi connectivity index (χ0) is 19.8. The van der Waals surface area contributed by atoms with Gasteiger partial charge in [0, 0.05) is 22.7 Å². The van der Waals surface area contributed by atoms with Gasteiger partial charge in [-0.1, -0.05) is 36.6 Å². The molecule has 1 N–H and O–H groups in total. The van der Waals surface area contributed by atoms with Gasteiger partial charge in [-0.05, 0) is 61.1 Å². The van der Waals surface area contributed by atoms with Crippen LogP contribution in [0.5, 0.6) is 5.75 Å². The quantitative estimate of drug-likeness (QED) is 0.823. The van der Waals surface area contributed by atoms with E-state index in [1.807, 2.05) is 42.2 Å². The molecule has 0 spiro atoms. The van der Waals surface area contributed by atoms with E-state index in [0.29, 0.717) is 23.6 Å². The number of hydrogen-bond acceptors (Lipinski definition) is 3. The second-order valence-electron chi connectivity index (χ2n) is 7.88. The minimum absolute atomic E-state index is 0.00108. The van der Waals surface area contributed by atoms with Gasteiger partial charge in [0.1, 0.15) is 5.75 Å². The molecule has 5 heteroatoms. The van der Waals surface area contributed by atoms with Gasteiger partial charge in [0.15, 0.2) is 0 Å². The maximum atomic E-state index is 13.1. The molecule has 1 saturated carbocycles. The number of carbonyl (C=O) groups is 1. The highest BCUT2D eigenvalue weighted by Crippen LogP contribution is 2.37. The Bertz CT molecular complexity index is 894. The number of carbonyl (C=O) groups excluding carboxylic acids is 1. The fourth-order valence-corrected chi connectivity index (χ4v) is 4.75. The first-order valence-electron chi connectivity index (χ1n) is 9.92. The zero-order valence-electron chi connectivity index (χ0n) is 16.4.